The molecule has 7 nitrogen and oxygen atoms in total. The third-order valence-corrected chi connectivity index (χ3v) is 4.74. The molecule has 132 valence electrons. The number of hydrogen-bond donors (Lipinski definition) is 0. The lowest BCUT2D eigenvalue weighted by atomic mass is 10.1. The van der Waals surface area contributed by atoms with E-state index in [0.717, 1.165) is 50.2 Å². The second-order valence-corrected chi connectivity index (χ2v) is 6.75. The van der Waals surface area contributed by atoms with Crippen molar-refractivity contribution in [2.24, 2.45) is 0 Å². The van der Waals surface area contributed by atoms with Gasteiger partial charge in [-0.15, -0.1) is 0 Å². The molecule has 1 aliphatic carbocycles. The lowest BCUT2D eigenvalue weighted by molar-refractivity contribution is -0.133. The molecule has 0 unspecified atom stereocenters. The summed E-state index contributed by atoms with van der Waals surface area (Å²) in [6.07, 6.45) is 7.99. The lowest BCUT2D eigenvalue weighted by Crippen LogP contribution is -2.41. The monoisotopic (exact) mass is 342 g/mol. The Morgan fingerprint density at radius 1 is 1.28 bits per heavy atom. The fraction of sp³-hybridized carbons (Fsp3) is 0.556. The van der Waals surface area contributed by atoms with E-state index in [1.807, 2.05) is 17.0 Å². The molecule has 1 saturated carbocycles. The maximum atomic E-state index is 12.4. The summed E-state index contributed by atoms with van der Waals surface area (Å²) in [5.41, 5.74) is 0.953. The second-order valence-electron chi connectivity index (χ2n) is 6.75. The molecular formula is C18H22N4O3. The molecule has 0 atom stereocenters. The highest BCUT2D eigenvalue weighted by Crippen LogP contribution is 2.38. The first-order valence-corrected chi connectivity index (χ1v) is 8.88. The molecule has 3 heterocycles. The zero-order valence-electron chi connectivity index (χ0n) is 14.1. The lowest BCUT2D eigenvalue weighted by Gasteiger charge is -2.31. The van der Waals surface area contributed by atoms with Crippen molar-refractivity contribution in [1.82, 2.24) is 20.0 Å². The summed E-state index contributed by atoms with van der Waals surface area (Å²) in [7, 11) is 0. The molecule has 4 rings (SSSR count). The van der Waals surface area contributed by atoms with Crippen molar-refractivity contribution in [3.63, 3.8) is 0 Å². The number of amides is 1. The molecular weight excluding hydrogens is 320 g/mol. The van der Waals surface area contributed by atoms with Gasteiger partial charge in [0.15, 0.2) is 5.82 Å². The van der Waals surface area contributed by atoms with Crippen LogP contribution in [-0.4, -0.2) is 45.1 Å². The average molecular weight is 342 g/mol. The topological polar surface area (TPSA) is 81.4 Å². The van der Waals surface area contributed by atoms with Gasteiger partial charge in [-0.2, -0.15) is 4.98 Å². The SMILES string of the molecule is O=C(Cc1cccnc1)N1CCC(OCc2nc(C3CC3)no2)CC1. The van der Waals surface area contributed by atoms with Gasteiger partial charge in [-0.3, -0.25) is 9.78 Å². The van der Waals surface area contributed by atoms with Gasteiger partial charge in [0.2, 0.25) is 5.91 Å². The van der Waals surface area contributed by atoms with Crippen molar-refractivity contribution in [1.29, 1.82) is 0 Å². The van der Waals surface area contributed by atoms with Crippen molar-refractivity contribution in [2.75, 3.05) is 13.1 Å². The quantitative estimate of drug-likeness (QED) is 0.799. The van der Waals surface area contributed by atoms with Crippen LogP contribution in [0.2, 0.25) is 0 Å². The molecule has 0 aromatic carbocycles. The van der Waals surface area contributed by atoms with Gasteiger partial charge in [0.05, 0.1) is 12.5 Å². The van der Waals surface area contributed by atoms with Crippen LogP contribution in [0.4, 0.5) is 0 Å². The van der Waals surface area contributed by atoms with Crippen molar-refractivity contribution >= 4 is 5.91 Å². The van der Waals surface area contributed by atoms with Gasteiger partial charge in [-0.05, 0) is 37.3 Å². The molecule has 1 amide bonds. The van der Waals surface area contributed by atoms with Gasteiger partial charge >= 0.3 is 0 Å². The van der Waals surface area contributed by atoms with Gasteiger partial charge in [-0.25, -0.2) is 0 Å². The highest BCUT2D eigenvalue weighted by atomic mass is 16.5. The summed E-state index contributed by atoms with van der Waals surface area (Å²) in [5, 5.41) is 3.99. The van der Waals surface area contributed by atoms with Gasteiger partial charge < -0.3 is 14.2 Å². The third-order valence-electron chi connectivity index (χ3n) is 4.74. The third kappa shape index (κ3) is 4.22. The fourth-order valence-electron chi connectivity index (χ4n) is 3.08. The number of likely N-dealkylation sites (tertiary alicyclic amines) is 1. The normalized spacial score (nSPS) is 18.5. The Kier molecular flexibility index (Phi) is 4.74. The molecule has 2 aliphatic rings. The minimum absolute atomic E-state index is 0.138. The zero-order valence-corrected chi connectivity index (χ0v) is 14.1. The number of aromatic nitrogens is 3. The molecule has 1 aliphatic heterocycles. The molecule has 1 saturated heterocycles. The van der Waals surface area contributed by atoms with Crippen LogP contribution >= 0.6 is 0 Å². The Morgan fingerprint density at radius 2 is 2.12 bits per heavy atom. The maximum Gasteiger partial charge on any atom is 0.252 e. The van der Waals surface area contributed by atoms with Crippen LogP contribution < -0.4 is 0 Å². The molecule has 2 fully saturated rings. The van der Waals surface area contributed by atoms with E-state index in [1.165, 1.54) is 0 Å². The molecule has 25 heavy (non-hydrogen) atoms. The van der Waals surface area contributed by atoms with Crippen molar-refractivity contribution in [3.05, 3.63) is 41.8 Å². The standard InChI is InChI=1S/C18H22N4O3/c23-17(10-13-2-1-7-19-11-13)22-8-5-15(6-9-22)24-12-16-20-18(21-25-16)14-3-4-14/h1-2,7,11,14-15H,3-6,8-10,12H2. The van der Waals surface area contributed by atoms with Gasteiger partial charge in [0.25, 0.3) is 5.89 Å². The van der Waals surface area contributed by atoms with E-state index in [2.05, 4.69) is 15.1 Å². The molecule has 0 bridgehead atoms. The Labute approximate surface area is 146 Å². The summed E-state index contributed by atoms with van der Waals surface area (Å²) in [4.78, 5) is 22.7. The minimum atomic E-state index is 0.138. The molecule has 0 N–H and O–H groups in total. The van der Waals surface area contributed by atoms with E-state index in [-0.39, 0.29) is 12.0 Å². The zero-order chi connectivity index (χ0) is 17.1. The minimum Gasteiger partial charge on any atom is -0.368 e. The second kappa shape index (κ2) is 7.31. The number of nitrogens with zero attached hydrogens (tertiary/aromatic N) is 4. The summed E-state index contributed by atoms with van der Waals surface area (Å²) >= 11 is 0. The predicted octanol–water partition coefficient (Wildman–Crippen LogP) is 2.09. The number of carbonyl (C=O) groups is 1. The van der Waals surface area contributed by atoms with Crippen LogP contribution in [0, 0.1) is 0 Å². The van der Waals surface area contributed by atoms with E-state index in [0.29, 0.717) is 24.8 Å². The van der Waals surface area contributed by atoms with Crippen LogP contribution in [0.1, 0.15) is 48.9 Å². The summed E-state index contributed by atoms with van der Waals surface area (Å²) in [6.45, 7) is 1.80. The number of ether oxygens (including phenoxy) is 1. The predicted molar refractivity (Wildman–Crippen MR) is 88.6 cm³/mol. The summed E-state index contributed by atoms with van der Waals surface area (Å²) < 4.78 is 11.1. The first-order chi connectivity index (χ1) is 12.3. The van der Waals surface area contributed by atoms with E-state index < -0.39 is 0 Å². The van der Waals surface area contributed by atoms with E-state index in [4.69, 9.17) is 9.26 Å². The Morgan fingerprint density at radius 3 is 2.84 bits per heavy atom. The van der Waals surface area contributed by atoms with Crippen LogP contribution in [-0.2, 0) is 22.6 Å². The van der Waals surface area contributed by atoms with Crippen LogP contribution in [0.15, 0.2) is 29.0 Å². The Bertz CT molecular complexity index is 706. The Hall–Kier alpha value is -2.28. The van der Waals surface area contributed by atoms with Crippen LogP contribution in [0.25, 0.3) is 0 Å². The average Bonchev–Trinajstić information content (AvgIpc) is 3.39. The molecule has 7 heteroatoms. The molecule has 2 aromatic rings. The van der Waals surface area contributed by atoms with E-state index in [1.54, 1.807) is 12.4 Å². The number of piperidine rings is 1. The number of rotatable bonds is 6. The number of carbonyl (C=O) groups excluding carboxylic acids is 1. The fourth-order valence-corrected chi connectivity index (χ4v) is 3.08. The first-order valence-electron chi connectivity index (χ1n) is 8.88. The number of hydrogen-bond acceptors (Lipinski definition) is 6. The van der Waals surface area contributed by atoms with Gasteiger partial charge in [-0.1, -0.05) is 11.2 Å². The van der Waals surface area contributed by atoms with Crippen molar-refractivity contribution in [3.8, 4) is 0 Å². The Balaban J connectivity index is 1.20. The summed E-state index contributed by atoms with van der Waals surface area (Å²) in [6, 6.07) is 3.79. The molecule has 0 spiro atoms. The highest BCUT2D eigenvalue weighted by Gasteiger charge is 2.29. The van der Waals surface area contributed by atoms with Crippen molar-refractivity contribution < 1.29 is 14.1 Å². The smallest absolute Gasteiger partial charge is 0.252 e. The van der Waals surface area contributed by atoms with Crippen molar-refractivity contribution in [2.45, 2.75) is 50.7 Å². The van der Waals surface area contributed by atoms with Gasteiger partial charge in [0, 0.05) is 31.4 Å². The number of pyridine rings is 1. The maximum absolute atomic E-state index is 12.4. The molecule has 2 aromatic heterocycles. The van der Waals surface area contributed by atoms with Crippen LogP contribution in [0.5, 0.6) is 0 Å². The van der Waals surface area contributed by atoms with Crippen LogP contribution in [0.3, 0.4) is 0 Å². The van der Waals surface area contributed by atoms with E-state index in [9.17, 15) is 4.79 Å². The first kappa shape index (κ1) is 16.2. The van der Waals surface area contributed by atoms with Gasteiger partial charge in [0.1, 0.15) is 6.61 Å². The highest BCUT2D eigenvalue weighted by molar-refractivity contribution is 5.78. The molecule has 0 radical (unpaired) electrons. The summed E-state index contributed by atoms with van der Waals surface area (Å²) in [5.74, 6) is 2.01. The van der Waals surface area contributed by atoms with E-state index >= 15 is 0 Å². The largest absolute Gasteiger partial charge is 0.368 e.